The van der Waals surface area contributed by atoms with E-state index in [0.29, 0.717) is 11.3 Å². The molecule has 0 aliphatic rings. The lowest BCUT2D eigenvalue weighted by Crippen LogP contribution is -2.02. The average Bonchev–Trinajstić information content (AvgIpc) is 2.26. The number of benzene rings is 1. The summed E-state index contributed by atoms with van der Waals surface area (Å²) in [6, 6.07) is 6.61. The third-order valence-electron chi connectivity index (χ3n) is 1.80. The van der Waals surface area contributed by atoms with Gasteiger partial charge in [0.15, 0.2) is 11.5 Å². The van der Waals surface area contributed by atoms with Crippen LogP contribution in [0.25, 0.3) is 4.85 Å². The fourth-order valence-corrected chi connectivity index (χ4v) is 1.01. The van der Waals surface area contributed by atoms with E-state index in [4.69, 9.17) is 6.57 Å². The molecule has 0 fully saturated rings. The van der Waals surface area contributed by atoms with Gasteiger partial charge in [-0.05, 0) is 0 Å². The molecule has 76 valence electrons. The fourth-order valence-electron chi connectivity index (χ4n) is 1.01. The molecule has 1 rings (SSSR count). The van der Waals surface area contributed by atoms with Crippen LogP contribution in [-0.4, -0.2) is 24.8 Å². The lowest BCUT2D eigenvalue weighted by Gasteiger charge is -2.02. The smallest absolute Gasteiger partial charge is 0.187 e. The largest absolute Gasteiger partial charge is 0.383 e. The zero-order chi connectivity index (χ0) is 11.3. The van der Waals surface area contributed by atoms with Gasteiger partial charge in [0.1, 0.15) is 0 Å². The SMILES string of the molecule is [C-]#[N+]c1ccc(C(=O)C=CN(C)C)cc1. The zero-order valence-corrected chi connectivity index (χ0v) is 8.77. The molecule has 0 unspecified atom stereocenters. The summed E-state index contributed by atoms with van der Waals surface area (Å²) in [4.78, 5) is 16.6. The predicted molar refractivity (Wildman–Crippen MR) is 59.9 cm³/mol. The number of rotatable bonds is 3. The van der Waals surface area contributed by atoms with Gasteiger partial charge in [0.05, 0.1) is 6.57 Å². The van der Waals surface area contributed by atoms with Crippen LogP contribution in [0.15, 0.2) is 36.5 Å². The van der Waals surface area contributed by atoms with Crippen molar-refractivity contribution in [3.63, 3.8) is 0 Å². The van der Waals surface area contributed by atoms with Crippen molar-refractivity contribution in [2.75, 3.05) is 14.1 Å². The summed E-state index contributed by atoms with van der Waals surface area (Å²) in [6.07, 6.45) is 3.21. The molecule has 3 nitrogen and oxygen atoms in total. The Morgan fingerprint density at radius 3 is 2.40 bits per heavy atom. The van der Waals surface area contributed by atoms with E-state index >= 15 is 0 Å². The molecule has 3 heteroatoms. The molecule has 0 atom stereocenters. The monoisotopic (exact) mass is 200 g/mol. The van der Waals surface area contributed by atoms with Gasteiger partial charge >= 0.3 is 0 Å². The lowest BCUT2D eigenvalue weighted by atomic mass is 10.1. The van der Waals surface area contributed by atoms with Gasteiger partial charge in [-0.1, -0.05) is 24.3 Å². The van der Waals surface area contributed by atoms with Crippen LogP contribution in [0, 0.1) is 6.57 Å². The molecule has 0 aliphatic carbocycles. The molecule has 0 radical (unpaired) electrons. The van der Waals surface area contributed by atoms with Crippen LogP contribution in [0.1, 0.15) is 10.4 Å². The van der Waals surface area contributed by atoms with Crippen LogP contribution in [-0.2, 0) is 0 Å². The van der Waals surface area contributed by atoms with Crippen molar-refractivity contribution >= 4 is 11.5 Å². The number of allylic oxidation sites excluding steroid dienone is 1. The molecular formula is C12H12N2O. The summed E-state index contributed by atoms with van der Waals surface area (Å²) in [5, 5.41) is 0. The standard InChI is InChI=1S/C12H12N2O/c1-13-11-6-4-10(5-7-11)12(15)8-9-14(2)3/h4-9H,2-3H3. The Morgan fingerprint density at radius 2 is 1.93 bits per heavy atom. The van der Waals surface area contributed by atoms with Crippen LogP contribution >= 0.6 is 0 Å². The summed E-state index contributed by atoms with van der Waals surface area (Å²) < 4.78 is 0. The molecule has 0 amide bonds. The topological polar surface area (TPSA) is 24.7 Å². The van der Waals surface area contributed by atoms with Crippen LogP contribution in [0.3, 0.4) is 0 Å². The van der Waals surface area contributed by atoms with E-state index in [1.54, 1.807) is 35.4 Å². The normalized spacial score (nSPS) is 9.93. The van der Waals surface area contributed by atoms with Gasteiger partial charge in [-0.3, -0.25) is 4.79 Å². The molecule has 15 heavy (non-hydrogen) atoms. The van der Waals surface area contributed by atoms with Crippen LogP contribution in [0.2, 0.25) is 0 Å². The molecule has 1 aromatic rings. The highest BCUT2D eigenvalue weighted by molar-refractivity contribution is 6.04. The van der Waals surface area contributed by atoms with E-state index in [1.807, 2.05) is 14.1 Å². The molecule has 0 spiro atoms. The fraction of sp³-hybridized carbons (Fsp3) is 0.167. The van der Waals surface area contributed by atoms with E-state index in [1.165, 1.54) is 6.08 Å². The summed E-state index contributed by atoms with van der Waals surface area (Å²) in [5.74, 6) is -0.0553. The maximum atomic E-state index is 11.6. The second kappa shape index (κ2) is 4.97. The van der Waals surface area contributed by atoms with E-state index in [9.17, 15) is 4.79 Å². The Morgan fingerprint density at radius 1 is 1.33 bits per heavy atom. The van der Waals surface area contributed by atoms with Crippen LogP contribution in [0.5, 0.6) is 0 Å². The van der Waals surface area contributed by atoms with Gasteiger partial charge in [0.2, 0.25) is 0 Å². The van der Waals surface area contributed by atoms with Gasteiger partial charge in [-0.15, -0.1) is 0 Å². The average molecular weight is 200 g/mol. The third-order valence-corrected chi connectivity index (χ3v) is 1.80. The Balaban J connectivity index is 2.80. The Hall–Kier alpha value is -2.08. The van der Waals surface area contributed by atoms with E-state index < -0.39 is 0 Å². The minimum absolute atomic E-state index is 0.0553. The Labute approximate surface area is 89.5 Å². The second-order valence-corrected chi connectivity index (χ2v) is 3.30. The second-order valence-electron chi connectivity index (χ2n) is 3.30. The molecule has 0 aromatic heterocycles. The highest BCUT2D eigenvalue weighted by Crippen LogP contribution is 2.13. The predicted octanol–water partition coefficient (Wildman–Crippen LogP) is 2.50. The number of carbonyl (C=O) groups is 1. The molecule has 0 saturated carbocycles. The number of nitrogens with zero attached hydrogens (tertiary/aromatic N) is 2. The Kier molecular flexibility index (Phi) is 3.64. The van der Waals surface area contributed by atoms with E-state index in [2.05, 4.69) is 4.85 Å². The summed E-state index contributed by atoms with van der Waals surface area (Å²) in [7, 11) is 3.71. The molecule has 0 saturated heterocycles. The molecule has 1 aromatic carbocycles. The van der Waals surface area contributed by atoms with Gasteiger partial charge in [-0.2, -0.15) is 0 Å². The van der Waals surface area contributed by atoms with E-state index in [0.717, 1.165) is 0 Å². The van der Waals surface area contributed by atoms with Crippen LogP contribution in [0.4, 0.5) is 5.69 Å². The minimum atomic E-state index is -0.0553. The van der Waals surface area contributed by atoms with Gasteiger partial charge < -0.3 is 4.90 Å². The van der Waals surface area contributed by atoms with Gasteiger partial charge in [0.25, 0.3) is 0 Å². The summed E-state index contributed by atoms with van der Waals surface area (Å²) in [5.41, 5.74) is 1.14. The van der Waals surface area contributed by atoms with Crippen LogP contribution < -0.4 is 0 Å². The van der Waals surface area contributed by atoms with E-state index in [-0.39, 0.29) is 5.78 Å². The molecule has 0 bridgehead atoms. The first kappa shape index (κ1) is 11.0. The summed E-state index contributed by atoms with van der Waals surface area (Å²) >= 11 is 0. The van der Waals surface area contributed by atoms with Crippen molar-refractivity contribution in [2.24, 2.45) is 0 Å². The summed E-state index contributed by atoms with van der Waals surface area (Å²) in [6.45, 7) is 6.78. The Bertz CT molecular complexity index is 410. The molecular weight excluding hydrogens is 188 g/mol. The lowest BCUT2D eigenvalue weighted by molar-refractivity contribution is 0.104. The number of carbonyl (C=O) groups excluding carboxylic acids is 1. The van der Waals surface area contributed by atoms with Crippen molar-refractivity contribution in [3.05, 3.63) is 53.5 Å². The van der Waals surface area contributed by atoms with Crippen molar-refractivity contribution < 1.29 is 4.79 Å². The first-order valence-electron chi connectivity index (χ1n) is 4.50. The number of ketones is 1. The maximum absolute atomic E-state index is 11.6. The third kappa shape index (κ3) is 3.28. The quantitative estimate of drug-likeness (QED) is 0.425. The first-order chi connectivity index (χ1) is 7.13. The zero-order valence-electron chi connectivity index (χ0n) is 8.77. The maximum Gasteiger partial charge on any atom is 0.187 e. The number of hydrogen-bond donors (Lipinski definition) is 0. The highest BCUT2D eigenvalue weighted by Gasteiger charge is 2.00. The van der Waals surface area contributed by atoms with Crippen molar-refractivity contribution in [2.45, 2.75) is 0 Å². The van der Waals surface area contributed by atoms with Crippen molar-refractivity contribution in [1.82, 2.24) is 4.90 Å². The van der Waals surface area contributed by atoms with Gasteiger partial charge in [-0.25, -0.2) is 4.85 Å². The van der Waals surface area contributed by atoms with Gasteiger partial charge in [0, 0.05) is 31.9 Å². The molecule has 0 N–H and O–H groups in total. The minimum Gasteiger partial charge on any atom is -0.383 e. The molecule has 0 aliphatic heterocycles. The molecule has 0 heterocycles. The van der Waals surface area contributed by atoms with Crippen molar-refractivity contribution in [1.29, 1.82) is 0 Å². The van der Waals surface area contributed by atoms with Crippen molar-refractivity contribution in [3.8, 4) is 0 Å². The highest BCUT2D eigenvalue weighted by atomic mass is 16.1. The number of hydrogen-bond acceptors (Lipinski definition) is 2. The first-order valence-corrected chi connectivity index (χ1v) is 4.50.